The first kappa shape index (κ1) is 17.9. The number of hydrogen-bond acceptors (Lipinski definition) is 2. The normalized spacial score (nSPS) is 11.1. The lowest BCUT2D eigenvalue weighted by Gasteiger charge is -2.27. The van der Waals surface area contributed by atoms with Gasteiger partial charge in [0.2, 0.25) is 0 Å². The molecule has 0 atom stereocenters. The van der Waals surface area contributed by atoms with Crippen LogP contribution in [0.5, 0.6) is 0 Å². The Morgan fingerprint density at radius 2 is 1.81 bits per heavy atom. The molecule has 0 spiro atoms. The summed E-state index contributed by atoms with van der Waals surface area (Å²) in [5.74, 6) is -0.0539. The zero-order valence-corrected chi connectivity index (χ0v) is 15.7. The van der Waals surface area contributed by atoms with Crippen LogP contribution in [0, 0.1) is 13.8 Å². The van der Waals surface area contributed by atoms with Crippen LogP contribution in [-0.4, -0.2) is 21.8 Å². The van der Waals surface area contributed by atoms with Crippen LogP contribution in [0.2, 0.25) is 0 Å². The van der Waals surface area contributed by atoms with Crippen molar-refractivity contribution in [3.8, 4) is 0 Å². The van der Waals surface area contributed by atoms with E-state index in [0.717, 1.165) is 22.0 Å². The van der Waals surface area contributed by atoms with Crippen LogP contribution >= 0.6 is 0 Å². The average Bonchev–Trinajstić information content (AvgIpc) is 2.59. The highest BCUT2D eigenvalue weighted by Gasteiger charge is 2.21. The van der Waals surface area contributed by atoms with Crippen molar-refractivity contribution >= 4 is 16.8 Å². The van der Waals surface area contributed by atoms with E-state index in [9.17, 15) is 9.59 Å². The molecule has 0 saturated carbocycles. The van der Waals surface area contributed by atoms with Gasteiger partial charge in [-0.25, -0.2) is 0 Å². The van der Waals surface area contributed by atoms with Crippen molar-refractivity contribution in [2.24, 2.45) is 0 Å². The molecular formula is C22H24N2O2. The molecule has 0 aliphatic heterocycles. The molecular weight excluding hydrogens is 324 g/mol. The van der Waals surface area contributed by atoms with Crippen molar-refractivity contribution in [1.82, 2.24) is 9.88 Å². The maximum Gasteiger partial charge on any atom is 0.254 e. The second kappa shape index (κ2) is 7.16. The largest absolute Gasteiger partial charge is 0.332 e. The third-order valence-electron chi connectivity index (χ3n) is 4.68. The number of nitrogens with one attached hydrogen (secondary N) is 1. The fourth-order valence-corrected chi connectivity index (χ4v) is 3.13. The van der Waals surface area contributed by atoms with E-state index in [4.69, 9.17) is 0 Å². The number of hydrogen-bond donors (Lipinski definition) is 1. The molecule has 26 heavy (non-hydrogen) atoms. The predicted molar refractivity (Wildman–Crippen MR) is 105 cm³/mol. The first-order valence-electron chi connectivity index (χ1n) is 8.86. The lowest BCUT2D eigenvalue weighted by Crippen LogP contribution is -2.38. The lowest BCUT2D eigenvalue weighted by atomic mass is 10.1. The zero-order chi connectivity index (χ0) is 18.8. The molecule has 0 unspecified atom stereocenters. The lowest BCUT2D eigenvalue weighted by molar-refractivity contribution is 0.0689. The molecule has 4 heteroatoms. The number of aromatic amines is 1. The molecule has 0 aliphatic rings. The van der Waals surface area contributed by atoms with Gasteiger partial charge in [-0.2, -0.15) is 0 Å². The highest BCUT2D eigenvalue weighted by atomic mass is 16.2. The van der Waals surface area contributed by atoms with Gasteiger partial charge in [0.25, 0.3) is 11.5 Å². The molecule has 1 heterocycles. The third-order valence-corrected chi connectivity index (χ3v) is 4.68. The van der Waals surface area contributed by atoms with Gasteiger partial charge in [0.05, 0.1) is 6.54 Å². The number of carbonyl (C=O) groups is 1. The molecule has 2 aromatic carbocycles. The van der Waals surface area contributed by atoms with Gasteiger partial charge in [-0.05, 0) is 62.9 Å². The van der Waals surface area contributed by atoms with Gasteiger partial charge in [-0.15, -0.1) is 0 Å². The smallest absolute Gasteiger partial charge is 0.254 e. The molecule has 0 saturated heterocycles. The topological polar surface area (TPSA) is 53.2 Å². The number of aromatic nitrogens is 1. The number of H-pyrrole nitrogens is 1. The van der Waals surface area contributed by atoms with Crippen LogP contribution in [-0.2, 0) is 6.54 Å². The first-order valence-corrected chi connectivity index (χ1v) is 8.86. The van der Waals surface area contributed by atoms with Crippen molar-refractivity contribution in [2.45, 2.75) is 40.3 Å². The highest BCUT2D eigenvalue weighted by molar-refractivity contribution is 5.95. The van der Waals surface area contributed by atoms with E-state index >= 15 is 0 Å². The molecule has 4 nitrogen and oxygen atoms in total. The van der Waals surface area contributed by atoms with Gasteiger partial charge in [0.1, 0.15) is 0 Å². The number of aryl methyl sites for hydroxylation is 2. The number of pyridine rings is 1. The number of carbonyl (C=O) groups excluding carboxylic acids is 1. The van der Waals surface area contributed by atoms with E-state index in [0.29, 0.717) is 11.1 Å². The second-order valence-electron chi connectivity index (χ2n) is 7.06. The van der Waals surface area contributed by atoms with Crippen LogP contribution in [0.4, 0.5) is 0 Å². The standard InChI is InChI=1S/C22H24N2O2/c1-14(2)24(22(26)19-8-6-5-7-16(19)4)13-18-12-17-11-15(3)9-10-20(17)23-21(18)25/h5-12,14H,13H2,1-4H3,(H,23,25). The van der Waals surface area contributed by atoms with Crippen molar-refractivity contribution in [2.75, 3.05) is 0 Å². The van der Waals surface area contributed by atoms with E-state index in [-0.39, 0.29) is 24.1 Å². The van der Waals surface area contributed by atoms with Gasteiger partial charge >= 0.3 is 0 Å². The summed E-state index contributed by atoms with van der Waals surface area (Å²) in [7, 11) is 0. The Balaban J connectivity index is 1.99. The Bertz CT molecular complexity index is 1020. The Morgan fingerprint density at radius 3 is 2.50 bits per heavy atom. The number of fused-ring (bicyclic) bond motifs is 1. The maximum absolute atomic E-state index is 13.1. The van der Waals surface area contributed by atoms with Gasteiger partial charge in [-0.3, -0.25) is 9.59 Å². The molecule has 0 aliphatic carbocycles. The molecule has 0 radical (unpaired) electrons. The van der Waals surface area contributed by atoms with Gasteiger partial charge < -0.3 is 9.88 Å². The Labute approximate surface area is 153 Å². The fourth-order valence-electron chi connectivity index (χ4n) is 3.13. The summed E-state index contributed by atoms with van der Waals surface area (Å²) in [5.41, 5.74) is 4.00. The zero-order valence-electron chi connectivity index (χ0n) is 15.7. The summed E-state index contributed by atoms with van der Waals surface area (Å²) in [6.45, 7) is 8.17. The third kappa shape index (κ3) is 3.54. The molecule has 0 fully saturated rings. The fraction of sp³-hybridized carbons (Fsp3) is 0.273. The van der Waals surface area contributed by atoms with E-state index in [2.05, 4.69) is 4.98 Å². The van der Waals surface area contributed by atoms with Gasteiger partial charge in [-0.1, -0.05) is 29.8 Å². The average molecular weight is 348 g/mol. The Morgan fingerprint density at radius 1 is 1.08 bits per heavy atom. The van der Waals surface area contributed by atoms with Crippen LogP contribution in [0.25, 0.3) is 10.9 Å². The highest BCUT2D eigenvalue weighted by Crippen LogP contribution is 2.18. The summed E-state index contributed by atoms with van der Waals surface area (Å²) < 4.78 is 0. The summed E-state index contributed by atoms with van der Waals surface area (Å²) in [5, 5.41) is 0.978. The van der Waals surface area contributed by atoms with E-state index in [1.54, 1.807) is 4.90 Å². The summed E-state index contributed by atoms with van der Waals surface area (Å²) >= 11 is 0. The Hall–Kier alpha value is -2.88. The SMILES string of the molecule is Cc1ccc2[nH]c(=O)c(CN(C(=O)c3ccccc3C)C(C)C)cc2c1. The van der Waals surface area contributed by atoms with Crippen molar-refractivity contribution in [3.05, 3.63) is 81.1 Å². The number of nitrogens with zero attached hydrogens (tertiary/aromatic N) is 1. The van der Waals surface area contributed by atoms with Crippen molar-refractivity contribution < 1.29 is 4.79 Å². The quantitative estimate of drug-likeness (QED) is 0.768. The van der Waals surface area contributed by atoms with Crippen LogP contribution in [0.15, 0.2) is 53.3 Å². The monoisotopic (exact) mass is 348 g/mol. The second-order valence-corrected chi connectivity index (χ2v) is 7.06. The minimum absolute atomic E-state index is 0.0188. The van der Waals surface area contributed by atoms with Crippen LogP contribution in [0.3, 0.4) is 0 Å². The molecule has 1 aromatic heterocycles. The van der Waals surface area contributed by atoms with E-state index in [1.165, 1.54) is 0 Å². The molecule has 1 N–H and O–H groups in total. The number of rotatable bonds is 4. The van der Waals surface area contributed by atoms with E-state index in [1.807, 2.05) is 76.2 Å². The minimum atomic E-state index is -0.149. The maximum atomic E-state index is 13.1. The van der Waals surface area contributed by atoms with E-state index < -0.39 is 0 Å². The number of benzene rings is 2. The summed E-state index contributed by atoms with van der Waals surface area (Å²) in [6, 6.07) is 15.3. The van der Waals surface area contributed by atoms with Crippen molar-refractivity contribution in [3.63, 3.8) is 0 Å². The molecule has 3 rings (SSSR count). The summed E-state index contributed by atoms with van der Waals surface area (Å²) in [6.07, 6.45) is 0. The van der Waals surface area contributed by atoms with Gasteiger partial charge in [0.15, 0.2) is 0 Å². The molecule has 134 valence electrons. The predicted octanol–water partition coefficient (Wildman–Crippen LogP) is 4.20. The van der Waals surface area contributed by atoms with Crippen LogP contribution < -0.4 is 5.56 Å². The molecule has 3 aromatic rings. The van der Waals surface area contributed by atoms with Crippen molar-refractivity contribution in [1.29, 1.82) is 0 Å². The summed E-state index contributed by atoms with van der Waals surface area (Å²) in [4.78, 5) is 30.2. The minimum Gasteiger partial charge on any atom is -0.332 e. The Kier molecular flexibility index (Phi) is 4.94. The number of amides is 1. The molecule has 1 amide bonds. The van der Waals surface area contributed by atoms with Gasteiger partial charge in [0, 0.05) is 22.7 Å². The molecule has 0 bridgehead atoms. The first-order chi connectivity index (χ1) is 12.4. The van der Waals surface area contributed by atoms with Crippen LogP contribution in [0.1, 0.15) is 40.9 Å².